The number of hydrogen-bond donors (Lipinski definition) is 3. The average molecular weight is 1280 g/mol. The van der Waals surface area contributed by atoms with Gasteiger partial charge in [-0.1, -0.05) is 410 Å². The topological polar surface area (TPSA) is 95.9 Å². The second kappa shape index (κ2) is 80.5. The minimum atomic E-state index is -0.843. The number of esters is 1. The standard InChI is InChI=1S/C85H163NO5/c1-3-5-7-9-11-13-15-17-19-21-23-39-42-45-49-53-57-61-65-69-73-77-83(88)82(81-87)86-84(89)78-74-70-66-62-58-54-50-46-43-40-37-35-33-31-29-27-25-24-26-28-30-32-34-36-38-41-44-48-52-56-60-64-68-72-76-80-91-85(90)79-75-71-67-63-59-55-51-47-22-20-18-16-14-12-10-8-6-4-2/h20,22,26,28,73,77,82-83,87-88H,3-19,21,23-25,27,29-72,74-76,78-81H2,1-2H3,(H,86,89)/b22-20-,28-26-,77-73+. The summed E-state index contributed by atoms with van der Waals surface area (Å²) in [6, 6.07) is -0.626. The molecule has 0 aliphatic rings. The van der Waals surface area contributed by atoms with Crippen LogP contribution in [-0.4, -0.2) is 47.4 Å². The van der Waals surface area contributed by atoms with E-state index in [1.807, 2.05) is 6.08 Å². The molecule has 538 valence electrons. The van der Waals surface area contributed by atoms with Crippen molar-refractivity contribution in [2.24, 2.45) is 0 Å². The number of ether oxygens (including phenoxy) is 1. The zero-order valence-corrected chi connectivity index (χ0v) is 61.9. The third kappa shape index (κ3) is 77.0. The molecule has 0 radical (unpaired) electrons. The molecule has 2 unspecified atom stereocenters. The lowest BCUT2D eigenvalue weighted by atomic mass is 10.0. The minimum absolute atomic E-state index is 0.0180. The van der Waals surface area contributed by atoms with Crippen LogP contribution in [0.3, 0.4) is 0 Å². The van der Waals surface area contributed by atoms with Crippen molar-refractivity contribution in [2.45, 2.75) is 482 Å². The Labute approximate surface area is 570 Å². The smallest absolute Gasteiger partial charge is 0.305 e. The Kier molecular flexibility index (Phi) is 78.8. The first-order valence-electron chi connectivity index (χ1n) is 41.8. The van der Waals surface area contributed by atoms with E-state index >= 15 is 0 Å². The molecule has 0 bridgehead atoms. The Balaban J connectivity index is 3.35. The molecule has 6 heteroatoms. The van der Waals surface area contributed by atoms with Crippen LogP contribution in [0.4, 0.5) is 0 Å². The molecule has 0 aliphatic heterocycles. The molecule has 0 aromatic rings. The number of carbonyl (C=O) groups is 2. The third-order valence-corrected chi connectivity index (χ3v) is 19.6. The Hall–Kier alpha value is -1.92. The highest BCUT2D eigenvalue weighted by Crippen LogP contribution is 2.20. The molecule has 1 amide bonds. The fourth-order valence-electron chi connectivity index (χ4n) is 13.3. The molecular weight excluding hydrogens is 1110 g/mol. The lowest BCUT2D eigenvalue weighted by Crippen LogP contribution is -2.45. The van der Waals surface area contributed by atoms with Crippen LogP contribution in [0.2, 0.25) is 0 Å². The van der Waals surface area contributed by atoms with Gasteiger partial charge in [-0.25, -0.2) is 0 Å². The van der Waals surface area contributed by atoms with E-state index in [2.05, 4.69) is 43.5 Å². The first-order valence-corrected chi connectivity index (χ1v) is 41.8. The number of hydrogen-bond acceptors (Lipinski definition) is 5. The van der Waals surface area contributed by atoms with Crippen molar-refractivity contribution < 1.29 is 24.5 Å². The first-order chi connectivity index (χ1) is 45.0. The molecule has 0 rings (SSSR count). The Morgan fingerprint density at radius 2 is 0.516 bits per heavy atom. The summed E-state index contributed by atoms with van der Waals surface area (Å²) in [4.78, 5) is 24.7. The van der Waals surface area contributed by atoms with Crippen LogP contribution in [0, 0.1) is 0 Å². The van der Waals surface area contributed by atoms with Gasteiger partial charge in [0.2, 0.25) is 5.91 Å². The summed E-state index contributed by atoms with van der Waals surface area (Å²) in [7, 11) is 0. The lowest BCUT2D eigenvalue weighted by molar-refractivity contribution is -0.143. The summed E-state index contributed by atoms with van der Waals surface area (Å²) in [5.74, 6) is -0.0417. The Morgan fingerprint density at radius 3 is 0.780 bits per heavy atom. The number of nitrogens with one attached hydrogen (secondary N) is 1. The zero-order chi connectivity index (χ0) is 65.6. The summed E-state index contributed by atoms with van der Waals surface area (Å²) < 4.78 is 5.51. The van der Waals surface area contributed by atoms with Crippen molar-refractivity contribution in [3.8, 4) is 0 Å². The highest BCUT2D eigenvalue weighted by atomic mass is 16.5. The second-order valence-corrected chi connectivity index (χ2v) is 28.8. The lowest BCUT2D eigenvalue weighted by Gasteiger charge is -2.20. The van der Waals surface area contributed by atoms with Gasteiger partial charge in [0.05, 0.1) is 25.4 Å². The van der Waals surface area contributed by atoms with Crippen LogP contribution < -0.4 is 5.32 Å². The minimum Gasteiger partial charge on any atom is -0.466 e. The SMILES string of the molecule is CCCCCCCCC/C=C\CCCCCCCCCC(=O)OCCCCCCCCCCCCCCCC/C=C\CCCCCCCCCCCCCCCCCCCC(=O)NC(CO)C(O)/C=C/CCCCCCCCCCCCCCCCCCCCC. The first kappa shape index (κ1) is 89.1. The van der Waals surface area contributed by atoms with Crippen molar-refractivity contribution in [3.05, 3.63) is 36.5 Å². The molecule has 0 fully saturated rings. The molecule has 3 N–H and O–H groups in total. The molecule has 91 heavy (non-hydrogen) atoms. The van der Waals surface area contributed by atoms with Crippen molar-refractivity contribution in [1.82, 2.24) is 5.32 Å². The van der Waals surface area contributed by atoms with Gasteiger partial charge in [0.15, 0.2) is 0 Å². The molecule has 0 spiro atoms. The largest absolute Gasteiger partial charge is 0.466 e. The van der Waals surface area contributed by atoms with E-state index in [-0.39, 0.29) is 18.5 Å². The summed E-state index contributed by atoms with van der Waals surface area (Å²) in [6.07, 6.45) is 106. The van der Waals surface area contributed by atoms with E-state index in [0.29, 0.717) is 19.4 Å². The van der Waals surface area contributed by atoms with E-state index in [1.165, 1.54) is 398 Å². The second-order valence-electron chi connectivity index (χ2n) is 28.8. The molecule has 0 aromatic carbocycles. The maximum absolute atomic E-state index is 12.5. The van der Waals surface area contributed by atoms with Crippen molar-refractivity contribution in [1.29, 1.82) is 0 Å². The number of unbranched alkanes of at least 4 members (excludes halogenated alkanes) is 64. The predicted molar refractivity (Wildman–Crippen MR) is 403 cm³/mol. The van der Waals surface area contributed by atoms with Crippen molar-refractivity contribution >= 4 is 11.9 Å². The van der Waals surface area contributed by atoms with Gasteiger partial charge in [-0.2, -0.15) is 0 Å². The van der Waals surface area contributed by atoms with Crippen LogP contribution >= 0.6 is 0 Å². The highest BCUT2D eigenvalue weighted by Gasteiger charge is 2.18. The van der Waals surface area contributed by atoms with Gasteiger partial charge in [0.1, 0.15) is 0 Å². The molecule has 0 saturated carbocycles. The van der Waals surface area contributed by atoms with Gasteiger partial charge >= 0.3 is 5.97 Å². The van der Waals surface area contributed by atoms with E-state index in [4.69, 9.17) is 4.74 Å². The van der Waals surface area contributed by atoms with Crippen LogP contribution in [0.5, 0.6) is 0 Å². The van der Waals surface area contributed by atoms with Gasteiger partial charge in [0, 0.05) is 12.8 Å². The van der Waals surface area contributed by atoms with Crippen LogP contribution in [-0.2, 0) is 14.3 Å². The molecular formula is C85H163NO5. The number of aliphatic hydroxyl groups excluding tert-OH is 2. The van der Waals surface area contributed by atoms with E-state index in [1.54, 1.807) is 6.08 Å². The number of amides is 1. The quantitative estimate of drug-likeness (QED) is 0.0320. The summed E-state index contributed by atoms with van der Waals surface area (Å²) >= 11 is 0. The van der Waals surface area contributed by atoms with Gasteiger partial charge in [-0.15, -0.1) is 0 Å². The monoisotopic (exact) mass is 1280 g/mol. The summed E-state index contributed by atoms with van der Waals surface area (Å²) in [5, 5.41) is 23.3. The maximum atomic E-state index is 12.5. The number of aliphatic hydroxyl groups is 2. The fourth-order valence-corrected chi connectivity index (χ4v) is 13.3. The van der Waals surface area contributed by atoms with Gasteiger partial charge in [-0.05, 0) is 83.5 Å². The predicted octanol–water partition coefficient (Wildman–Crippen LogP) is 27.8. The average Bonchev–Trinajstić information content (AvgIpc) is 3.74. The molecule has 0 saturated heterocycles. The van der Waals surface area contributed by atoms with Crippen LogP contribution in [0.25, 0.3) is 0 Å². The number of allylic oxidation sites excluding steroid dienone is 5. The third-order valence-electron chi connectivity index (χ3n) is 19.6. The van der Waals surface area contributed by atoms with Crippen LogP contribution in [0.1, 0.15) is 470 Å². The maximum Gasteiger partial charge on any atom is 0.305 e. The Morgan fingerprint density at radius 1 is 0.297 bits per heavy atom. The fraction of sp³-hybridized carbons (Fsp3) is 0.906. The van der Waals surface area contributed by atoms with E-state index in [9.17, 15) is 19.8 Å². The van der Waals surface area contributed by atoms with Crippen molar-refractivity contribution in [2.75, 3.05) is 13.2 Å². The van der Waals surface area contributed by atoms with Gasteiger partial charge < -0.3 is 20.3 Å². The van der Waals surface area contributed by atoms with Gasteiger partial charge in [0.25, 0.3) is 0 Å². The molecule has 6 nitrogen and oxygen atoms in total. The summed E-state index contributed by atoms with van der Waals surface area (Å²) in [5.41, 5.74) is 0. The van der Waals surface area contributed by atoms with Crippen LogP contribution in [0.15, 0.2) is 36.5 Å². The zero-order valence-electron chi connectivity index (χ0n) is 61.9. The van der Waals surface area contributed by atoms with Gasteiger partial charge in [-0.3, -0.25) is 9.59 Å². The summed E-state index contributed by atoms with van der Waals surface area (Å²) in [6.45, 7) is 4.95. The Bertz CT molecular complexity index is 1470. The number of carbonyl (C=O) groups excluding carboxylic acids is 2. The van der Waals surface area contributed by atoms with E-state index in [0.717, 1.165) is 44.9 Å². The molecule has 0 heterocycles. The normalized spacial score (nSPS) is 12.6. The highest BCUT2D eigenvalue weighted by molar-refractivity contribution is 5.76. The molecule has 2 atom stereocenters. The van der Waals surface area contributed by atoms with Crippen molar-refractivity contribution in [3.63, 3.8) is 0 Å². The molecule has 0 aromatic heterocycles. The van der Waals surface area contributed by atoms with E-state index < -0.39 is 12.1 Å². The molecule has 0 aliphatic carbocycles. The number of rotatable bonds is 79.